The first-order valence-electron chi connectivity index (χ1n) is 6.70. The van der Waals surface area contributed by atoms with Gasteiger partial charge < -0.3 is 14.2 Å². The van der Waals surface area contributed by atoms with Gasteiger partial charge in [0.05, 0.1) is 0 Å². The molecule has 0 atom stereocenters. The van der Waals surface area contributed by atoms with Gasteiger partial charge in [0.25, 0.3) is 11.8 Å². The standard InChI is InChI=1S/C15H15NO7/c1-10(9-20-2)21-11-3-5-12(6-4-11)22-15(19)23-16-13(17)7-8-14(16)18/h3-6H,1,7-9H2,2H3. The molecule has 0 aliphatic carbocycles. The number of imide groups is 1. The summed E-state index contributed by atoms with van der Waals surface area (Å²) in [5.41, 5.74) is 0. The highest BCUT2D eigenvalue weighted by molar-refractivity contribution is 6.01. The van der Waals surface area contributed by atoms with Gasteiger partial charge in [-0.15, -0.1) is 0 Å². The van der Waals surface area contributed by atoms with Gasteiger partial charge in [-0.3, -0.25) is 14.4 Å². The van der Waals surface area contributed by atoms with Gasteiger partial charge in [0.1, 0.15) is 23.9 Å². The van der Waals surface area contributed by atoms with E-state index >= 15 is 0 Å². The number of methoxy groups -OCH3 is 1. The third-order valence-electron chi connectivity index (χ3n) is 2.76. The van der Waals surface area contributed by atoms with Crippen LogP contribution >= 0.6 is 0 Å². The van der Waals surface area contributed by atoms with E-state index < -0.39 is 18.0 Å². The van der Waals surface area contributed by atoms with Crippen molar-refractivity contribution in [1.29, 1.82) is 0 Å². The first kappa shape index (κ1) is 16.5. The molecular weight excluding hydrogens is 306 g/mol. The molecule has 122 valence electrons. The van der Waals surface area contributed by atoms with E-state index in [1.54, 1.807) is 12.1 Å². The summed E-state index contributed by atoms with van der Waals surface area (Å²) in [7, 11) is 1.52. The molecule has 0 saturated carbocycles. The predicted octanol–water partition coefficient (Wildman–Crippen LogP) is 1.80. The van der Waals surface area contributed by atoms with Crippen LogP contribution in [0.3, 0.4) is 0 Å². The summed E-state index contributed by atoms with van der Waals surface area (Å²) >= 11 is 0. The van der Waals surface area contributed by atoms with Crippen molar-refractivity contribution >= 4 is 18.0 Å². The van der Waals surface area contributed by atoms with E-state index in [-0.39, 0.29) is 25.2 Å². The fourth-order valence-electron chi connectivity index (χ4n) is 1.78. The molecule has 2 amide bonds. The zero-order chi connectivity index (χ0) is 16.8. The van der Waals surface area contributed by atoms with Crippen molar-refractivity contribution < 1.29 is 33.4 Å². The molecule has 1 aliphatic rings. The Morgan fingerprint density at radius 1 is 1.09 bits per heavy atom. The minimum Gasteiger partial charge on any atom is -0.460 e. The number of nitrogens with zero attached hydrogens (tertiary/aromatic N) is 1. The van der Waals surface area contributed by atoms with Crippen LogP contribution in [0.4, 0.5) is 4.79 Å². The van der Waals surface area contributed by atoms with E-state index in [1.807, 2.05) is 0 Å². The van der Waals surface area contributed by atoms with Crippen LogP contribution in [-0.4, -0.2) is 36.7 Å². The number of carbonyl (C=O) groups excluding carboxylic acids is 3. The molecule has 0 N–H and O–H groups in total. The second-order valence-corrected chi connectivity index (χ2v) is 4.57. The van der Waals surface area contributed by atoms with E-state index in [1.165, 1.54) is 19.2 Å². The Kier molecular flexibility index (Phi) is 5.32. The summed E-state index contributed by atoms with van der Waals surface area (Å²) in [6.07, 6.45) is -1.14. The lowest BCUT2D eigenvalue weighted by molar-refractivity contribution is -0.174. The van der Waals surface area contributed by atoms with Gasteiger partial charge in [0.2, 0.25) is 0 Å². The first-order valence-corrected chi connectivity index (χ1v) is 6.70. The lowest BCUT2D eigenvalue weighted by Crippen LogP contribution is -2.33. The Labute approximate surface area is 132 Å². The third-order valence-corrected chi connectivity index (χ3v) is 2.76. The molecule has 1 heterocycles. The summed E-state index contributed by atoms with van der Waals surface area (Å²) < 4.78 is 15.1. The van der Waals surface area contributed by atoms with Crippen LogP contribution in [0.15, 0.2) is 36.6 Å². The quantitative estimate of drug-likeness (QED) is 0.341. The van der Waals surface area contributed by atoms with Crippen molar-refractivity contribution in [3.8, 4) is 11.5 Å². The molecule has 0 bridgehead atoms. The van der Waals surface area contributed by atoms with Gasteiger partial charge in [0, 0.05) is 20.0 Å². The molecule has 1 fully saturated rings. The Balaban J connectivity index is 1.88. The number of carbonyl (C=O) groups is 3. The lowest BCUT2D eigenvalue weighted by Gasteiger charge is -2.12. The molecule has 23 heavy (non-hydrogen) atoms. The normalized spacial score (nSPS) is 13.9. The molecule has 2 rings (SSSR count). The van der Waals surface area contributed by atoms with Gasteiger partial charge in [-0.05, 0) is 24.3 Å². The van der Waals surface area contributed by atoms with Crippen molar-refractivity contribution in [3.63, 3.8) is 0 Å². The second-order valence-electron chi connectivity index (χ2n) is 4.57. The Bertz CT molecular complexity index is 607. The van der Waals surface area contributed by atoms with Crippen LogP contribution in [0.2, 0.25) is 0 Å². The van der Waals surface area contributed by atoms with Crippen LogP contribution in [0.5, 0.6) is 11.5 Å². The van der Waals surface area contributed by atoms with Crippen LogP contribution in [0.25, 0.3) is 0 Å². The zero-order valence-electron chi connectivity index (χ0n) is 12.4. The maximum Gasteiger partial charge on any atom is 0.539 e. The van der Waals surface area contributed by atoms with Crippen LogP contribution in [-0.2, 0) is 19.2 Å². The summed E-state index contributed by atoms with van der Waals surface area (Å²) in [4.78, 5) is 38.8. The molecule has 1 aliphatic heterocycles. The topological polar surface area (TPSA) is 91.4 Å². The molecule has 8 nitrogen and oxygen atoms in total. The number of amides is 2. The van der Waals surface area contributed by atoms with Crippen molar-refractivity contribution in [3.05, 3.63) is 36.6 Å². The molecule has 1 saturated heterocycles. The fraction of sp³-hybridized carbons (Fsp3) is 0.267. The third kappa shape index (κ3) is 4.55. The Hall–Kier alpha value is -2.87. The molecule has 0 aromatic heterocycles. The highest BCUT2D eigenvalue weighted by Crippen LogP contribution is 2.20. The average molecular weight is 321 g/mol. The van der Waals surface area contributed by atoms with Crippen molar-refractivity contribution in [2.45, 2.75) is 12.8 Å². The van der Waals surface area contributed by atoms with E-state index in [0.29, 0.717) is 16.6 Å². The van der Waals surface area contributed by atoms with Crippen molar-refractivity contribution in [1.82, 2.24) is 5.06 Å². The number of ether oxygens (including phenoxy) is 3. The Morgan fingerprint density at radius 3 is 2.13 bits per heavy atom. The number of hydrogen-bond acceptors (Lipinski definition) is 7. The fourth-order valence-corrected chi connectivity index (χ4v) is 1.78. The van der Waals surface area contributed by atoms with Gasteiger partial charge in [0.15, 0.2) is 0 Å². The maximum absolute atomic E-state index is 11.6. The maximum atomic E-state index is 11.6. The van der Waals surface area contributed by atoms with E-state index in [4.69, 9.17) is 14.2 Å². The van der Waals surface area contributed by atoms with Crippen molar-refractivity contribution in [2.75, 3.05) is 13.7 Å². The molecule has 1 aromatic rings. The highest BCUT2D eigenvalue weighted by Gasteiger charge is 2.33. The van der Waals surface area contributed by atoms with E-state index in [9.17, 15) is 14.4 Å². The second kappa shape index (κ2) is 7.41. The van der Waals surface area contributed by atoms with Gasteiger partial charge >= 0.3 is 6.16 Å². The lowest BCUT2D eigenvalue weighted by atomic mass is 10.3. The van der Waals surface area contributed by atoms with Gasteiger partial charge in [-0.1, -0.05) is 11.6 Å². The highest BCUT2D eigenvalue weighted by atomic mass is 16.8. The van der Waals surface area contributed by atoms with Crippen molar-refractivity contribution in [2.24, 2.45) is 0 Å². The summed E-state index contributed by atoms with van der Waals surface area (Å²) in [5, 5.41) is 0.411. The monoisotopic (exact) mass is 321 g/mol. The first-order chi connectivity index (χ1) is 11.0. The SMILES string of the molecule is C=C(COC)Oc1ccc(OC(=O)ON2C(=O)CCC2=O)cc1. The number of hydroxylamine groups is 2. The molecule has 0 spiro atoms. The predicted molar refractivity (Wildman–Crippen MR) is 76.3 cm³/mol. The zero-order valence-corrected chi connectivity index (χ0v) is 12.4. The molecule has 8 heteroatoms. The van der Waals surface area contributed by atoms with Crippen LogP contribution in [0, 0.1) is 0 Å². The summed E-state index contributed by atoms with van der Waals surface area (Å²) in [5.74, 6) is -0.0807. The summed E-state index contributed by atoms with van der Waals surface area (Å²) in [6.45, 7) is 3.91. The van der Waals surface area contributed by atoms with Crippen LogP contribution < -0.4 is 9.47 Å². The molecular formula is C15H15NO7. The number of rotatable bonds is 6. The van der Waals surface area contributed by atoms with Gasteiger partial charge in [-0.25, -0.2) is 4.79 Å². The molecule has 0 unspecified atom stereocenters. The van der Waals surface area contributed by atoms with E-state index in [2.05, 4.69) is 11.4 Å². The smallest absolute Gasteiger partial charge is 0.460 e. The number of hydrogen-bond donors (Lipinski definition) is 0. The average Bonchev–Trinajstić information content (AvgIpc) is 2.81. The van der Waals surface area contributed by atoms with Crippen LogP contribution in [0.1, 0.15) is 12.8 Å². The van der Waals surface area contributed by atoms with E-state index in [0.717, 1.165) is 0 Å². The minimum absolute atomic E-state index is 0.0174. The summed E-state index contributed by atoms with van der Waals surface area (Å²) in [6, 6.07) is 6.03. The molecule has 1 aromatic carbocycles. The minimum atomic E-state index is -1.17. The largest absolute Gasteiger partial charge is 0.539 e. The Morgan fingerprint density at radius 2 is 1.61 bits per heavy atom. The van der Waals surface area contributed by atoms with Gasteiger partial charge in [-0.2, -0.15) is 0 Å². The molecule has 0 radical (unpaired) electrons. The number of benzene rings is 1.